The van der Waals surface area contributed by atoms with E-state index in [1.54, 1.807) is 6.07 Å². The van der Waals surface area contributed by atoms with Crippen LogP contribution >= 0.6 is 0 Å². The fourth-order valence-corrected chi connectivity index (χ4v) is 4.05. The first-order chi connectivity index (χ1) is 12.7. The van der Waals surface area contributed by atoms with E-state index < -0.39 is 5.41 Å². The number of rotatable bonds is 6. The normalized spacial score (nSPS) is 17.5. The molecule has 0 aliphatic carbocycles. The average Bonchev–Trinajstić information content (AvgIpc) is 2.68. The number of nitrogens with one attached hydrogen (secondary N) is 1. The zero-order valence-corrected chi connectivity index (χ0v) is 15.2. The van der Waals surface area contributed by atoms with Crippen molar-refractivity contribution in [1.29, 1.82) is 0 Å². The Morgan fingerprint density at radius 3 is 2.42 bits per heavy atom. The van der Waals surface area contributed by atoms with Crippen LogP contribution in [0.4, 0.5) is 4.39 Å². The Balaban J connectivity index is 2.07. The minimum Gasteiger partial charge on any atom is -0.466 e. The Morgan fingerprint density at radius 1 is 1.12 bits per heavy atom. The highest BCUT2D eigenvalue weighted by atomic mass is 19.1. The minimum atomic E-state index is -0.709. The number of hydrogen-bond acceptors (Lipinski definition) is 3. The zero-order valence-electron chi connectivity index (χ0n) is 15.2. The second-order valence-corrected chi connectivity index (χ2v) is 6.89. The summed E-state index contributed by atoms with van der Waals surface area (Å²) in [4.78, 5) is 13.1. The van der Waals surface area contributed by atoms with Gasteiger partial charge in [-0.1, -0.05) is 48.5 Å². The highest BCUT2D eigenvalue weighted by Crippen LogP contribution is 2.46. The van der Waals surface area contributed by atoms with E-state index in [-0.39, 0.29) is 17.7 Å². The third-order valence-corrected chi connectivity index (χ3v) is 5.41. The molecule has 1 N–H and O–H groups in total. The van der Waals surface area contributed by atoms with Crippen LogP contribution in [0.5, 0.6) is 0 Å². The molecule has 1 unspecified atom stereocenters. The van der Waals surface area contributed by atoms with Crippen LogP contribution < -0.4 is 5.32 Å². The van der Waals surface area contributed by atoms with Crippen molar-refractivity contribution in [3.8, 4) is 0 Å². The van der Waals surface area contributed by atoms with Gasteiger partial charge >= 0.3 is 5.97 Å². The highest BCUT2D eigenvalue weighted by Gasteiger charge is 2.48. The van der Waals surface area contributed by atoms with Crippen molar-refractivity contribution in [3.63, 3.8) is 0 Å². The van der Waals surface area contributed by atoms with E-state index in [9.17, 15) is 9.18 Å². The summed E-state index contributed by atoms with van der Waals surface area (Å²) in [6, 6.07) is 16.8. The zero-order chi connectivity index (χ0) is 18.4. The largest absolute Gasteiger partial charge is 0.466 e. The van der Waals surface area contributed by atoms with Crippen molar-refractivity contribution in [2.24, 2.45) is 5.41 Å². The molecule has 3 rings (SSSR count). The van der Waals surface area contributed by atoms with E-state index in [1.807, 2.05) is 49.4 Å². The predicted octanol–water partition coefficient (Wildman–Crippen LogP) is 4.08. The van der Waals surface area contributed by atoms with Gasteiger partial charge in [-0.2, -0.15) is 0 Å². The van der Waals surface area contributed by atoms with Gasteiger partial charge in [0.25, 0.3) is 0 Å². The SMILES string of the molecule is CCOC(=O)C1(C(Cc2ccccc2)c2ccccc2F)CCNCC1. The maximum Gasteiger partial charge on any atom is 0.312 e. The minimum absolute atomic E-state index is 0.203. The summed E-state index contributed by atoms with van der Waals surface area (Å²) < 4.78 is 20.2. The van der Waals surface area contributed by atoms with Crippen LogP contribution in [-0.4, -0.2) is 25.7 Å². The maximum absolute atomic E-state index is 14.7. The molecule has 0 amide bonds. The smallest absolute Gasteiger partial charge is 0.312 e. The molecular formula is C22H26FNO2. The van der Waals surface area contributed by atoms with Crippen LogP contribution in [0.3, 0.4) is 0 Å². The van der Waals surface area contributed by atoms with Crippen molar-refractivity contribution < 1.29 is 13.9 Å². The second kappa shape index (κ2) is 8.45. The molecule has 1 heterocycles. The summed E-state index contributed by atoms with van der Waals surface area (Å²) in [6.45, 7) is 3.63. The first kappa shape index (κ1) is 18.6. The molecule has 138 valence electrons. The molecule has 26 heavy (non-hydrogen) atoms. The molecule has 1 fully saturated rings. The molecule has 2 aromatic carbocycles. The molecule has 1 atom stereocenters. The third-order valence-electron chi connectivity index (χ3n) is 5.41. The topological polar surface area (TPSA) is 38.3 Å². The first-order valence-electron chi connectivity index (χ1n) is 9.33. The number of esters is 1. The Kier molecular flexibility index (Phi) is 6.04. The van der Waals surface area contributed by atoms with Gasteiger partial charge in [0, 0.05) is 5.92 Å². The summed E-state index contributed by atoms with van der Waals surface area (Å²) in [7, 11) is 0. The quantitative estimate of drug-likeness (QED) is 0.794. The molecule has 1 aliphatic rings. The number of carbonyl (C=O) groups excluding carboxylic acids is 1. The third kappa shape index (κ3) is 3.80. The molecule has 1 aliphatic heterocycles. The van der Waals surface area contributed by atoms with Crippen LogP contribution in [0, 0.1) is 11.2 Å². The van der Waals surface area contributed by atoms with Crippen molar-refractivity contribution in [2.75, 3.05) is 19.7 Å². The molecular weight excluding hydrogens is 329 g/mol. The molecule has 2 aromatic rings. The number of benzene rings is 2. The Morgan fingerprint density at radius 2 is 1.77 bits per heavy atom. The number of hydrogen-bond donors (Lipinski definition) is 1. The van der Waals surface area contributed by atoms with E-state index >= 15 is 0 Å². The molecule has 0 saturated carbocycles. The summed E-state index contributed by atoms with van der Waals surface area (Å²) in [6.07, 6.45) is 1.91. The molecule has 1 saturated heterocycles. The van der Waals surface area contributed by atoms with Gasteiger partial charge in [-0.05, 0) is 56.5 Å². The van der Waals surface area contributed by atoms with E-state index in [2.05, 4.69) is 5.32 Å². The van der Waals surface area contributed by atoms with Crippen molar-refractivity contribution in [3.05, 3.63) is 71.5 Å². The monoisotopic (exact) mass is 355 g/mol. The second-order valence-electron chi connectivity index (χ2n) is 6.89. The van der Waals surface area contributed by atoms with Gasteiger partial charge < -0.3 is 10.1 Å². The molecule has 4 heteroatoms. The first-order valence-corrected chi connectivity index (χ1v) is 9.33. The van der Waals surface area contributed by atoms with E-state index in [4.69, 9.17) is 4.74 Å². The van der Waals surface area contributed by atoms with E-state index in [0.717, 1.165) is 18.7 Å². The van der Waals surface area contributed by atoms with Crippen LogP contribution in [0.2, 0.25) is 0 Å². The summed E-state index contributed by atoms with van der Waals surface area (Å²) in [5, 5.41) is 3.32. The van der Waals surface area contributed by atoms with Crippen molar-refractivity contribution in [2.45, 2.75) is 32.1 Å². The van der Waals surface area contributed by atoms with Crippen LogP contribution in [0.15, 0.2) is 54.6 Å². The Hall–Kier alpha value is -2.20. The molecule has 0 aromatic heterocycles. The lowest BCUT2D eigenvalue weighted by Crippen LogP contribution is -2.47. The maximum atomic E-state index is 14.7. The van der Waals surface area contributed by atoms with Crippen LogP contribution in [-0.2, 0) is 16.0 Å². The fourth-order valence-electron chi connectivity index (χ4n) is 4.05. The standard InChI is InChI=1S/C22H26FNO2/c1-2-26-21(25)22(12-14-24-15-13-22)19(16-17-8-4-3-5-9-17)18-10-6-7-11-20(18)23/h3-11,19,24H,2,12-16H2,1H3. The number of carbonyl (C=O) groups is 1. The van der Waals surface area contributed by atoms with Gasteiger partial charge in [0.1, 0.15) is 5.82 Å². The van der Waals surface area contributed by atoms with Gasteiger partial charge in [0.05, 0.1) is 12.0 Å². The molecule has 3 nitrogen and oxygen atoms in total. The van der Waals surface area contributed by atoms with Crippen molar-refractivity contribution >= 4 is 5.97 Å². The summed E-state index contributed by atoms with van der Waals surface area (Å²) >= 11 is 0. The summed E-state index contributed by atoms with van der Waals surface area (Å²) in [5.41, 5.74) is 0.994. The van der Waals surface area contributed by atoms with Gasteiger partial charge in [-0.15, -0.1) is 0 Å². The molecule has 0 bridgehead atoms. The fraction of sp³-hybridized carbons (Fsp3) is 0.409. The summed E-state index contributed by atoms with van der Waals surface area (Å²) in [5.74, 6) is -0.714. The lowest BCUT2D eigenvalue weighted by Gasteiger charge is -2.42. The van der Waals surface area contributed by atoms with E-state index in [0.29, 0.717) is 31.4 Å². The predicted molar refractivity (Wildman–Crippen MR) is 100 cm³/mol. The highest BCUT2D eigenvalue weighted by molar-refractivity contribution is 5.78. The van der Waals surface area contributed by atoms with E-state index in [1.165, 1.54) is 6.07 Å². The lowest BCUT2D eigenvalue weighted by molar-refractivity contribution is -0.159. The van der Waals surface area contributed by atoms with Crippen molar-refractivity contribution in [1.82, 2.24) is 5.32 Å². The van der Waals surface area contributed by atoms with Crippen LogP contribution in [0.1, 0.15) is 36.8 Å². The van der Waals surface area contributed by atoms with Gasteiger partial charge in [0.2, 0.25) is 0 Å². The Labute approximate surface area is 154 Å². The number of halogens is 1. The molecule has 0 spiro atoms. The number of ether oxygens (including phenoxy) is 1. The molecule has 0 radical (unpaired) electrons. The average molecular weight is 355 g/mol. The Bertz CT molecular complexity index is 726. The van der Waals surface area contributed by atoms with Gasteiger partial charge in [0.15, 0.2) is 0 Å². The van der Waals surface area contributed by atoms with Gasteiger partial charge in [-0.25, -0.2) is 4.39 Å². The van der Waals surface area contributed by atoms with Gasteiger partial charge in [-0.3, -0.25) is 4.79 Å². The van der Waals surface area contributed by atoms with Crippen LogP contribution in [0.25, 0.3) is 0 Å². The number of piperidine rings is 1. The lowest BCUT2D eigenvalue weighted by atomic mass is 9.64.